The molecule has 4 amide bonds. The van der Waals surface area contributed by atoms with Crippen molar-refractivity contribution >= 4 is 34.9 Å². The lowest BCUT2D eigenvalue weighted by Gasteiger charge is -2.41. The van der Waals surface area contributed by atoms with Crippen LogP contribution in [0.4, 0.5) is 10.5 Å². The predicted molar refractivity (Wildman–Crippen MR) is 148 cm³/mol. The smallest absolute Gasteiger partial charge is 0.321 e. The Balaban J connectivity index is 1.32. The van der Waals surface area contributed by atoms with E-state index in [0.717, 1.165) is 30.6 Å². The average Bonchev–Trinajstić information content (AvgIpc) is 3.49. The summed E-state index contributed by atoms with van der Waals surface area (Å²) in [5, 5.41) is 7.95. The first-order valence-corrected chi connectivity index (χ1v) is 13.9. The van der Waals surface area contributed by atoms with Crippen LogP contribution in [-0.2, 0) is 11.2 Å². The molecule has 8 nitrogen and oxygen atoms in total. The second-order valence-corrected chi connectivity index (χ2v) is 10.4. The number of ether oxygens (including phenoxy) is 1. The zero-order valence-corrected chi connectivity index (χ0v) is 22.2. The van der Waals surface area contributed by atoms with Gasteiger partial charge in [0.05, 0.1) is 24.1 Å². The van der Waals surface area contributed by atoms with Crippen LogP contribution in [0.2, 0.25) is 0 Å². The molecule has 1 aliphatic carbocycles. The number of urea groups is 1. The van der Waals surface area contributed by atoms with Gasteiger partial charge in [-0.15, -0.1) is 11.3 Å². The molecule has 2 heterocycles. The molecule has 1 saturated heterocycles. The highest BCUT2D eigenvalue weighted by molar-refractivity contribution is 7.12. The number of carbonyl (C=O) groups excluding carboxylic acids is 3. The van der Waals surface area contributed by atoms with Crippen molar-refractivity contribution in [3.63, 3.8) is 0 Å². The predicted octanol–water partition coefficient (Wildman–Crippen LogP) is 4.70. The van der Waals surface area contributed by atoms with Crippen LogP contribution < -0.4 is 15.4 Å². The summed E-state index contributed by atoms with van der Waals surface area (Å²) in [6.07, 6.45) is 2.83. The summed E-state index contributed by atoms with van der Waals surface area (Å²) in [6.45, 7) is 3.19. The Morgan fingerprint density at radius 2 is 1.84 bits per heavy atom. The van der Waals surface area contributed by atoms with Gasteiger partial charge in [0.1, 0.15) is 11.8 Å². The zero-order valence-electron chi connectivity index (χ0n) is 21.4. The van der Waals surface area contributed by atoms with E-state index >= 15 is 0 Å². The summed E-state index contributed by atoms with van der Waals surface area (Å²) in [7, 11) is 0. The van der Waals surface area contributed by atoms with Crippen LogP contribution in [0.1, 0.15) is 46.6 Å². The third kappa shape index (κ3) is 5.67. The maximum Gasteiger partial charge on any atom is 0.321 e. The lowest BCUT2D eigenvalue weighted by molar-refractivity contribution is -0.128. The van der Waals surface area contributed by atoms with Crippen LogP contribution in [0.3, 0.4) is 0 Å². The minimum Gasteiger partial charge on any atom is -0.494 e. The number of benzene rings is 2. The monoisotopic (exact) mass is 532 g/mol. The first-order valence-electron chi connectivity index (χ1n) is 13.0. The summed E-state index contributed by atoms with van der Waals surface area (Å²) in [5.41, 5.74) is 3.01. The molecule has 2 unspecified atom stereocenters. The molecule has 2 aliphatic rings. The fourth-order valence-electron chi connectivity index (χ4n) is 5.15. The van der Waals surface area contributed by atoms with Crippen molar-refractivity contribution in [2.24, 2.45) is 0 Å². The lowest BCUT2D eigenvalue weighted by Crippen LogP contribution is -2.62. The number of anilines is 1. The quantitative estimate of drug-likeness (QED) is 0.482. The molecular formula is C29H32N4O4S. The minimum absolute atomic E-state index is 0.111. The second kappa shape index (κ2) is 11.7. The van der Waals surface area contributed by atoms with E-state index in [9.17, 15) is 14.4 Å². The largest absolute Gasteiger partial charge is 0.494 e. The molecule has 9 heteroatoms. The Bertz CT molecular complexity index is 1280. The van der Waals surface area contributed by atoms with Gasteiger partial charge in [-0.2, -0.15) is 0 Å². The van der Waals surface area contributed by atoms with E-state index in [1.54, 1.807) is 40.1 Å². The van der Waals surface area contributed by atoms with Gasteiger partial charge in [0, 0.05) is 18.8 Å². The molecule has 3 aromatic rings. The first-order chi connectivity index (χ1) is 18.5. The van der Waals surface area contributed by atoms with Gasteiger partial charge in [-0.25, -0.2) is 4.79 Å². The number of aryl methyl sites for hydroxylation is 1. The molecular weight excluding hydrogens is 500 g/mol. The fraction of sp³-hybridized carbons (Fsp3) is 0.345. The Labute approximate surface area is 226 Å². The molecule has 1 aromatic heterocycles. The Kier molecular flexibility index (Phi) is 7.93. The van der Waals surface area contributed by atoms with Crippen LogP contribution in [0.15, 0.2) is 66.0 Å². The molecule has 1 fully saturated rings. The van der Waals surface area contributed by atoms with E-state index < -0.39 is 6.04 Å². The number of hydrogen-bond acceptors (Lipinski definition) is 5. The summed E-state index contributed by atoms with van der Waals surface area (Å²) in [6, 6.07) is 17.7. The maximum atomic E-state index is 13.7. The lowest BCUT2D eigenvalue weighted by atomic mass is 9.87. The summed E-state index contributed by atoms with van der Waals surface area (Å²) < 4.78 is 5.47. The molecule has 1 aliphatic heterocycles. The molecule has 2 aromatic carbocycles. The minimum atomic E-state index is -0.793. The van der Waals surface area contributed by atoms with Crippen molar-refractivity contribution < 1.29 is 19.1 Å². The van der Waals surface area contributed by atoms with Crippen LogP contribution in [0.5, 0.6) is 5.75 Å². The SMILES string of the molecule is CCOc1ccc(NC(=O)N2CCN(C(=O)c3cccs3)C(C(=O)NC3CCCc4ccccc43)C2)cc1. The molecule has 0 radical (unpaired) electrons. The van der Waals surface area contributed by atoms with Gasteiger partial charge in [0.25, 0.3) is 5.91 Å². The van der Waals surface area contributed by atoms with Crippen molar-refractivity contribution in [1.29, 1.82) is 0 Å². The van der Waals surface area contributed by atoms with Gasteiger partial charge in [-0.1, -0.05) is 30.3 Å². The Morgan fingerprint density at radius 3 is 2.61 bits per heavy atom. The topological polar surface area (TPSA) is 91.0 Å². The molecule has 2 atom stereocenters. The van der Waals surface area contributed by atoms with Gasteiger partial charge in [0.2, 0.25) is 5.91 Å². The maximum absolute atomic E-state index is 13.7. The van der Waals surface area contributed by atoms with Crippen LogP contribution >= 0.6 is 11.3 Å². The van der Waals surface area contributed by atoms with E-state index in [1.165, 1.54) is 16.9 Å². The van der Waals surface area contributed by atoms with Crippen LogP contribution in [-0.4, -0.2) is 59.9 Å². The van der Waals surface area contributed by atoms with Crippen molar-refractivity contribution in [3.8, 4) is 5.75 Å². The highest BCUT2D eigenvalue weighted by Crippen LogP contribution is 2.30. The van der Waals surface area contributed by atoms with Crippen molar-refractivity contribution in [3.05, 3.63) is 82.0 Å². The number of carbonyl (C=O) groups is 3. The molecule has 0 spiro atoms. The highest BCUT2D eigenvalue weighted by Gasteiger charge is 2.38. The highest BCUT2D eigenvalue weighted by atomic mass is 32.1. The van der Waals surface area contributed by atoms with Crippen LogP contribution in [0, 0.1) is 0 Å². The number of nitrogens with one attached hydrogen (secondary N) is 2. The van der Waals surface area contributed by atoms with Gasteiger partial charge >= 0.3 is 6.03 Å². The normalized spacial score (nSPS) is 18.9. The standard InChI is InChI=1S/C29H32N4O4S/c1-2-37-22-14-12-21(13-15-22)30-29(36)32-16-17-33(28(35)26-11-6-18-38-26)25(19-32)27(34)31-24-10-5-8-20-7-3-4-9-23(20)24/h3-4,6-7,9,11-15,18,24-25H,2,5,8,10,16-17,19H2,1H3,(H,30,36)(H,31,34). The molecule has 198 valence electrons. The van der Waals surface area contributed by atoms with Crippen molar-refractivity contribution in [2.45, 2.75) is 38.3 Å². The fourth-order valence-corrected chi connectivity index (χ4v) is 5.83. The zero-order chi connectivity index (χ0) is 26.5. The Morgan fingerprint density at radius 1 is 1.03 bits per heavy atom. The number of rotatable bonds is 6. The van der Waals surface area contributed by atoms with E-state index in [4.69, 9.17) is 4.74 Å². The van der Waals surface area contributed by atoms with E-state index in [0.29, 0.717) is 23.7 Å². The number of hydrogen-bond donors (Lipinski definition) is 2. The van der Waals surface area contributed by atoms with Crippen molar-refractivity contribution in [1.82, 2.24) is 15.1 Å². The molecule has 0 bridgehead atoms. The molecule has 0 saturated carbocycles. The van der Waals surface area contributed by atoms with E-state index in [1.807, 2.05) is 30.5 Å². The number of piperazine rings is 1. The Hall–Kier alpha value is -3.85. The number of fused-ring (bicyclic) bond motifs is 1. The number of amides is 4. The first kappa shape index (κ1) is 25.8. The van der Waals surface area contributed by atoms with E-state index in [-0.39, 0.29) is 37.0 Å². The average molecular weight is 533 g/mol. The summed E-state index contributed by atoms with van der Waals surface area (Å²) in [5.74, 6) is 0.304. The number of thiophene rings is 1. The van der Waals surface area contributed by atoms with Gasteiger partial charge < -0.3 is 25.2 Å². The third-order valence-corrected chi connectivity index (χ3v) is 7.92. The molecule has 2 N–H and O–H groups in total. The van der Waals surface area contributed by atoms with Crippen molar-refractivity contribution in [2.75, 3.05) is 31.6 Å². The van der Waals surface area contributed by atoms with Crippen LogP contribution in [0.25, 0.3) is 0 Å². The second-order valence-electron chi connectivity index (χ2n) is 9.48. The number of nitrogens with zero attached hydrogens (tertiary/aromatic N) is 2. The summed E-state index contributed by atoms with van der Waals surface area (Å²) >= 11 is 1.35. The third-order valence-electron chi connectivity index (χ3n) is 7.07. The van der Waals surface area contributed by atoms with E-state index in [2.05, 4.69) is 22.8 Å². The van der Waals surface area contributed by atoms with Gasteiger partial charge in [-0.05, 0) is 73.0 Å². The summed E-state index contributed by atoms with van der Waals surface area (Å²) in [4.78, 5) is 44.0. The molecule has 5 rings (SSSR count). The van der Waals surface area contributed by atoms with Gasteiger partial charge in [-0.3, -0.25) is 9.59 Å². The molecule has 38 heavy (non-hydrogen) atoms. The van der Waals surface area contributed by atoms with Gasteiger partial charge in [0.15, 0.2) is 0 Å².